The molecule has 2 unspecified atom stereocenters. The molecular formula is C24H39N5O3. The summed E-state index contributed by atoms with van der Waals surface area (Å²) in [7, 11) is 1.80. The summed E-state index contributed by atoms with van der Waals surface area (Å²) in [4.78, 5) is 20.6. The van der Waals surface area contributed by atoms with Crippen LogP contribution in [0.2, 0.25) is 0 Å². The van der Waals surface area contributed by atoms with Crippen LogP contribution in [0.3, 0.4) is 0 Å². The average Bonchev–Trinajstić information content (AvgIpc) is 2.77. The molecule has 0 aliphatic carbocycles. The van der Waals surface area contributed by atoms with E-state index in [-0.39, 0.29) is 18.3 Å². The molecule has 178 valence electrons. The van der Waals surface area contributed by atoms with Crippen molar-refractivity contribution >= 4 is 12.1 Å². The molecule has 2 heterocycles. The minimum Gasteiger partial charge on any atom is -0.450 e. The van der Waals surface area contributed by atoms with Gasteiger partial charge in [0.25, 0.3) is 0 Å². The van der Waals surface area contributed by atoms with Gasteiger partial charge in [0.1, 0.15) is 0 Å². The Balaban J connectivity index is 1.50. The Kier molecular flexibility index (Phi) is 9.17. The third-order valence-corrected chi connectivity index (χ3v) is 6.04. The van der Waals surface area contributed by atoms with Crippen LogP contribution in [0.1, 0.15) is 44.7 Å². The number of piperidine rings is 1. The molecule has 1 aromatic rings. The highest BCUT2D eigenvalue weighted by Gasteiger charge is 2.25. The predicted molar refractivity (Wildman–Crippen MR) is 127 cm³/mol. The predicted octanol–water partition coefficient (Wildman–Crippen LogP) is 2.58. The maximum atomic E-state index is 11.9. The van der Waals surface area contributed by atoms with Crippen LogP contribution in [-0.4, -0.2) is 79.9 Å². The van der Waals surface area contributed by atoms with Crippen LogP contribution in [0, 0.1) is 0 Å². The Morgan fingerprint density at radius 3 is 2.44 bits per heavy atom. The Morgan fingerprint density at radius 2 is 1.81 bits per heavy atom. The number of hydrogen-bond acceptors (Lipinski definition) is 5. The van der Waals surface area contributed by atoms with E-state index in [2.05, 4.69) is 58.6 Å². The van der Waals surface area contributed by atoms with Crippen molar-refractivity contribution in [3.63, 3.8) is 0 Å². The topological polar surface area (TPSA) is 78.4 Å². The molecule has 2 fully saturated rings. The lowest BCUT2D eigenvalue weighted by Gasteiger charge is -2.35. The fourth-order valence-corrected chi connectivity index (χ4v) is 4.53. The van der Waals surface area contributed by atoms with Crippen LogP contribution in [0.5, 0.6) is 0 Å². The molecule has 0 aromatic heterocycles. The molecule has 2 saturated heterocycles. The molecule has 1 aromatic carbocycles. The number of guanidine groups is 1. The quantitative estimate of drug-likeness (QED) is 0.518. The summed E-state index contributed by atoms with van der Waals surface area (Å²) in [6.45, 7) is 11.5. The minimum absolute atomic E-state index is 0.214. The van der Waals surface area contributed by atoms with Crippen LogP contribution in [-0.2, 0) is 22.6 Å². The summed E-state index contributed by atoms with van der Waals surface area (Å²) in [5.74, 6) is 0.794. The summed E-state index contributed by atoms with van der Waals surface area (Å²) in [5, 5.41) is 6.99. The van der Waals surface area contributed by atoms with Gasteiger partial charge in [-0.1, -0.05) is 24.3 Å². The van der Waals surface area contributed by atoms with E-state index < -0.39 is 0 Å². The van der Waals surface area contributed by atoms with Crippen LogP contribution < -0.4 is 10.6 Å². The monoisotopic (exact) mass is 445 g/mol. The summed E-state index contributed by atoms with van der Waals surface area (Å²) in [5.41, 5.74) is 2.61. The van der Waals surface area contributed by atoms with Crippen molar-refractivity contribution in [3.05, 3.63) is 35.4 Å². The second-order valence-corrected chi connectivity index (χ2v) is 8.75. The number of likely N-dealkylation sites (tertiary alicyclic amines) is 1. The highest BCUT2D eigenvalue weighted by molar-refractivity contribution is 5.80. The van der Waals surface area contributed by atoms with Crippen LogP contribution in [0.4, 0.5) is 4.79 Å². The zero-order valence-corrected chi connectivity index (χ0v) is 20.0. The molecule has 0 spiro atoms. The molecule has 8 nitrogen and oxygen atoms in total. The molecule has 1 amide bonds. The molecule has 0 saturated carbocycles. The zero-order valence-electron chi connectivity index (χ0n) is 20.0. The molecule has 3 rings (SSSR count). The standard InChI is InChI=1S/C24H39N5O3/c1-5-31-24(30)29-12-10-22(11-13-29)27-23(25-4)26-14-20-8-6-7-9-21(20)17-28-15-18(2)32-19(3)16-28/h6-9,18-19,22H,5,10-17H2,1-4H3,(H2,25,26,27). The fourth-order valence-electron chi connectivity index (χ4n) is 4.53. The fraction of sp³-hybridized carbons (Fsp3) is 0.667. The Bertz CT molecular complexity index is 754. The maximum Gasteiger partial charge on any atom is 0.409 e. The zero-order chi connectivity index (χ0) is 22.9. The lowest BCUT2D eigenvalue weighted by atomic mass is 10.1. The van der Waals surface area contributed by atoms with E-state index in [0.717, 1.165) is 38.4 Å². The third kappa shape index (κ3) is 7.10. The number of carbonyl (C=O) groups is 1. The highest BCUT2D eigenvalue weighted by atomic mass is 16.6. The van der Waals surface area contributed by atoms with Crippen molar-refractivity contribution in [2.24, 2.45) is 4.99 Å². The van der Waals surface area contributed by atoms with Gasteiger partial charge in [-0.3, -0.25) is 9.89 Å². The third-order valence-electron chi connectivity index (χ3n) is 6.04. The molecule has 0 radical (unpaired) electrons. The summed E-state index contributed by atoms with van der Waals surface area (Å²) in [6, 6.07) is 8.88. The second-order valence-electron chi connectivity index (χ2n) is 8.75. The van der Waals surface area contributed by atoms with Gasteiger partial charge in [0.05, 0.1) is 18.8 Å². The van der Waals surface area contributed by atoms with Crippen molar-refractivity contribution < 1.29 is 14.3 Å². The summed E-state index contributed by atoms with van der Waals surface area (Å²) >= 11 is 0. The number of ether oxygens (including phenoxy) is 2. The number of hydrogen-bond donors (Lipinski definition) is 2. The van der Waals surface area contributed by atoms with E-state index in [1.54, 1.807) is 11.9 Å². The number of carbonyl (C=O) groups excluding carboxylic acids is 1. The first-order valence-corrected chi connectivity index (χ1v) is 11.8. The molecular weight excluding hydrogens is 406 g/mol. The first kappa shape index (κ1) is 24.3. The average molecular weight is 446 g/mol. The summed E-state index contributed by atoms with van der Waals surface area (Å²) < 4.78 is 11.0. The largest absolute Gasteiger partial charge is 0.450 e. The molecule has 8 heteroatoms. The number of rotatable bonds is 6. The molecule has 2 aliphatic heterocycles. The van der Waals surface area contributed by atoms with E-state index in [9.17, 15) is 4.79 Å². The summed E-state index contributed by atoms with van der Waals surface area (Å²) in [6.07, 6.45) is 2.08. The maximum absolute atomic E-state index is 11.9. The van der Waals surface area contributed by atoms with Crippen molar-refractivity contribution in [2.75, 3.05) is 39.8 Å². The van der Waals surface area contributed by atoms with E-state index in [4.69, 9.17) is 9.47 Å². The van der Waals surface area contributed by atoms with Crippen molar-refractivity contribution in [1.82, 2.24) is 20.4 Å². The van der Waals surface area contributed by atoms with Crippen molar-refractivity contribution in [1.29, 1.82) is 0 Å². The van der Waals surface area contributed by atoms with E-state index in [1.807, 2.05) is 6.92 Å². The van der Waals surface area contributed by atoms with Gasteiger partial charge in [-0.25, -0.2) is 4.79 Å². The number of nitrogens with one attached hydrogen (secondary N) is 2. The van der Waals surface area contributed by atoms with E-state index >= 15 is 0 Å². The van der Waals surface area contributed by atoms with Gasteiger partial charge in [0.15, 0.2) is 5.96 Å². The normalized spacial score (nSPS) is 23.1. The lowest BCUT2D eigenvalue weighted by molar-refractivity contribution is -0.0705. The number of morpholine rings is 1. The van der Waals surface area contributed by atoms with Crippen LogP contribution in [0.25, 0.3) is 0 Å². The SMILES string of the molecule is CCOC(=O)N1CCC(NC(=NC)NCc2ccccc2CN2CC(C)OC(C)C2)CC1. The Hall–Kier alpha value is -2.32. The number of nitrogens with zero attached hydrogens (tertiary/aromatic N) is 3. The smallest absolute Gasteiger partial charge is 0.409 e. The van der Waals surface area contributed by atoms with E-state index in [1.165, 1.54) is 11.1 Å². The van der Waals surface area contributed by atoms with Crippen LogP contribution in [0.15, 0.2) is 29.3 Å². The van der Waals surface area contributed by atoms with E-state index in [0.29, 0.717) is 32.3 Å². The first-order valence-electron chi connectivity index (χ1n) is 11.8. The molecule has 2 N–H and O–H groups in total. The van der Waals surface area contributed by atoms with Gasteiger partial charge in [-0.15, -0.1) is 0 Å². The van der Waals surface area contributed by atoms with Gasteiger partial charge < -0.3 is 25.0 Å². The highest BCUT2D eigenvalue weighted by Crippen LogP contribution is 2.17. The van der Waals surface area contributed by atoms with Gasteiger partial charge in [-0.2, -0.15) is 0 Å². The van der Waals surface area contributed by atoms with Gasteiger partial charge in [-0.05, 0) is 44.7 Å². The van der Waals surface area contributed by atoms with Crippen LogP contribution >= 0.6 is 0 Å². The molecule has 2 atom stereocenters. The molecule has 2 aliphatic rings. The van der Waals surface area contributed by atoms with Crippen molar-refractivity contribution in [3.8, 4) is 0 Å². The van der Waals surface area contributed by atoms with Gasteiger partial charge in [0.2, 0.25) is 0 Å². The molecule has 0 bridgehead atoms. The number of amides is 1. The first-order chi connectivity index (χ1) is 15.5. The Labute approximate surface area is 192 Å². The lowest BCUT2D eigenvalue weighted by Crippen LogP contribution is -2.49. The number of aliphatic imine (C=N–C) groups is 1. The molecule has 32 heavy (non-hydrogen) atoms. The number of benzene rings is 1. The van der Waals surface area contributed by atoms with Crippen molar-refractivity contribution in [2.45, 2.75) is 65.0 Å². The second kappa shape index (κ2) is 12.1. The minimum atomic E-state index is -0.214. The van der Waals surface area contributed by atoms with Gasteiger partial charge >= 0.3 is 6.09 Å². The Morgan fingerprint density at radius 1 is 1.16 bits per heavy atom. The van der Waals surface area contributed by atoms with Gasteiger partial charge in [0, 0.05) is 52.4 Å².